The van der Waals surface area contributed by atoms with E-state index < -0.39 is 23.1 Å². The molecule has 2 unspecified atom stereocenters. The Labute approximate surface area is 231 Å². The molecule has 2 atom stereocenters. The standard InChI is InChI=1S/C28H58O10/c1-23(2,3)19-15-13-17-21-27(31-29,35-33-25(7,8)9)37-38-28(32-30,36-34-26(10,11)12)22-18-14-16-20-24(4,5)6/h29-30H,13-22H2,1-12H3. The highest BCUT2D eigenvalue weighted by Crippen LogP contribution is 2.33. The molecule has 0 fully saturated rings. The summed E-state index contributed by atoms with van der Waals surface area (Å²) in [6.45, 7) is 23.7. The van der Waals surface area contributed by atoms with Crippen LogP contribution in [0.5, 0.6) is 0 Å². The topological polar surface area (TPSA) is 114 Å². The second-order valence-corrected chi connectivity index (χ2v) is 14.5. The van der Waals surface area contributed by atoms with Crippen LogP contribution in [0.2, 0.25) is 0 Å². The molecule has 0 aromatic carbocycles. The van der Waals surface area contributed by atoms with Crippen LogP contribution >= 0.6 is 0 Å². The van der Waals surface area contributed by atoms with Crippen LogP contribution in [0, 0.1) is 10.8 Å². The van der Waals surface area contributed by atoms with Crippen LogP contribution in [0.25, 0.3) is 0 Å². The second kappa shape index (κ2) is 16.1. The third-order valence-corrected chi connectivity index (χ3v) is 5.23. The molecule has 0 bridgehead atoms. The van der Waals surface area contributed by atoms with E-state index in [4.69, 9.17) is 29.3 Å². The molecule has 0 radical (unpaired) electrons. The molecule has 0 aromatic heterocycles. The molecule has 0 spiro atoms. The van der Waals surface area contributed by atoms with Gasteiger partial charge in [0.05, 0.1) is 11.2 Å². The second-order valence-electron chi connectivity index (χ2n) is 14.5. The molecule has 0 aliphatic heterocycles. The first-order valence-corrected chi connectivity index (χ1v) is 13.9. The van der Waals surface area contributed by atoms with Gasteiger partial charge in [0.15, 0.2) is 0 Å². The smallest absolute Gasteiger partial charge is 0.246 e. The van der Waals surface area contributed by atoms with Gasteiger partial charge in [0.1, 0.15) is 0 Å². The molecular weight excluding hydrogens is 496 g/mol. The van der Waals surface area contributed by atoms with Crippen LogP contribution < -0.4 is 0 Å². The lowest BCUT2D eigenvalue weighted by molar-refractivity contribution is -0.703. The lowest BCUT2D eigenvalue weighted by Crippen LogP contribution is -2.47. The summed E-state index contributed by atoms with van der Waals surface area (Å²) in [5, 5.41) is 19.6. The summed E-state index contributed by atoms with van der Waals surface area (Å²) >= 11 is 0. The van der Waals surface area contributed by atoms with Crippen LogP contribution in [0.3, 0.4) is 0 Å². The zero-order chi connectivity index (χ0) is 29.7. The molecule has 38 heavy (non-hydrogen) atoms. The van der Waals surface area contributed by atoms with E-state index in [1.807, 2.05) is 0 Å². The van der Waals surface area contributed by atoms with Gasteiger partial charge in [-0.1, -0.05) is 67.2 Å². The van der Waals surface area contributed by atoms with Crippen molar-refractivity contribution < 1.29 is 49.6 Å². The highest BCUT2D eigenvalue weighted by atomic mass is 17.4. The van der Waals surface area contributed by atoms with Gasteiger partial charge in [0.2, 0.25) is 0 Å². The van der Waals surface area contributed by atoms with E-state index in [0.717, 1.165) is 38.5 Å². The summed E-state index contributed by atoms with van der Waals surface area (Å²) in [5.41, 5.74) is -1.07. The Morgan fingerprint density at radius 3 is 0.868 bits per heavy atom. The number of unbranched alkanes of at least 4 members (excludes halogenated alkanes) is 4. The van der Waals surface area contributed by atoms with Crippen molar-refractivity contribution in [2.75, 3.05) is 0 Å². The first kappa shape index (κ1) is 37.6. The largest absolute Gasteiger partial charge is 0.365 e. The van der Waals surface area contributed by atoms with Crippen LogP contribution in [-0.2, 0) is 39.1 Å². The van der Waals surface area contributed by atoms with Crippen LogP contribution in [-0.4, -0.2) is 33.7 Å². The third-order valence-electron chi connectivity index (χ3n) is 5.23. The Hall–Kier alpha value is -0.400. The quantitative estimate of drug-likeness (QED) is 0.0695. The van der Waals surface area contributed by atoms with Crippen LogP contribution in [0.1, 0.15) is 147 Å². The lowest BCUT2D eigenvalue weighted by Gasteiger charge is -2.35. The summed E-state index contributed by atoms with van der Waals surface area (Å²) in [5.74, 6) is -4.34. The van der Waals surface area contributed by atoms with Crippen LogP contribution in [0.4, 0.5) is 0 Å². The van der Waals surface area contributed by atoms with Crippen molar-refractivity contribution >= 4 is 0 Å². The zero-order valence-electron chi connectivity index (χ0n) is 26.2. The Morgan fingerprint density at radius 2 is 0.632 bits per heavy atom. The average Bonchev–Trinajstić information content (AvgIpc) is 2.75. The van der Waals surface area contributed by atoms with E-state index in [2.05, 4.69) is 51.3 Å². The van der Waals surface area contributed by atoms with Crippen molar-refractivity contribution in [3.63, 3.8) is 0 Å². The van der Waals surface area contributed by atoms with E-state index in [9.17, 15) is 10.5 Å². The summed E-state index contributed by atoms with van der Waals surface area (Å²) in [6, 6.07) is 0. The predicted octanol–water partition coefficient (Wildman–Crippen LogP) is 8.71. The molecule has 0 rings (SSSR count). The van der Waals surface area contributed by atoms with Crippen molar-refractivity contribution in [3.05, 3.63) is 0 Å². The van der Waals surface area contributed by atoms with E-state index in [1.165, 1.54) is 0 Å². The fourth-order valence-electron chi connectivity index (χ4n) is 3.20. The van der Waals surface area contributed by atoms with Gasteiger partial charge >= 0.3 is 11.9 Å². The summed E-state index contributed by atoms with van der Waals surface area (Å²) in [6.07, 6.45) is 6.87. The van der Waals surface area contributed by atoms with E-state index in [1.54, 1.807) is 41.5 Å². The molecular formula is C28H58O10. The van der Waals surface area contributed by atoms with Crippen LogP contribution in [0.15, 0.2) is 0 Å². The van der Waals surface area contributed by atoms with Crippen molar-refractivity contribution in [1.82, 2.24) is 0 Å². The lowest BCUT2D eigenvalue weighted by atomic mass is 9.89. The molecule has 0 aromatic rings. The number of hydrogen-bond acceptors (Lipinski definition) is 10. The van der Waals surface area contributed by atoms with Gasteiger partial charge in [-0.2, -0.15) is 29.3 Å². The Bertz CT molecular complexity index is 561. The molecule has 10 nitrogen and oxygen atoms in total. The predicted molar refractivity (Wildman–Crippen MR) is 144 cm³/mol. The van der Waals surface area contributed by atoms with Gasteiger partial charge < -0.3 is 0 Å². The molecule has 0 saturated heterocycles. The number of hydrogen-bond donors (Lipinski definition) is 2. The highest BCUT2D eigenvalue weighted by Gasteiger charge is 2.46. The fraction of sp³-hybridized carbons (Fsp3) is 1.00. The van der Waals surface area contributed by atoms with Crippen molar-refractivity contribution in [2.45, 2.75) is 170 Å². The molecule has 10 heteroatoms. The van der Waals surface area contributed by atoms with E-state index >= 15 is 0 Å². The zero-order valence-corrected chi connectivity index (χ0v) is 26.2. The summed E-state index contributed by atoms with van der Waals surface area (Å²) < 4.78 is 0. The number of rotatable bonds is 19. The van der Waals surface area contributed by atoms with Gasteiger partial charge in [-0.25, -0.2) is 20.3 Å². The van der Waals surface area contributed by atoms with Crippen molar-refractivity contribution in [3.8, 4) is 0 Å². The average molecular weight is 555 g/mol. The maximum atomic E-state index is 9.82. The summed E-state index contributed by atoms with van der Waals surface area (Å²) in [4.78, 5) is 41.7. The first-order valence-electron chi connectivity index (χ1n) is 13.9. The highest BCUT2D eigenvalue weighted by molar-refractivity contribution is 4.64. The molecule has 0 aliphatic carbocycles. The Balaban J connectivity index is 5.53. The van der Waals surface area contributed by atoms with Gasteiger partial charge in [-0.15, -0.1) is 0 Å². The van der Waals surface area contributed by atoms with E-state index in [0.29, 0.717) is 12.8 Å². The Morgan fingerprint density at radius 1 is 0.368 bits per heavy atom. The molecule has 230 valence electrons. The van der Waals surface area contributed by atoms with Gasteiger partial charge in [-0.05, 0) is 78.1 Å². The maximum Gasteiger partial charge on any atom is 0.365 e. The van der Waals surface area contributed by atoms with Crippen molar-refractivity contribution in [2.24, 2.45) is 10.8 Å². The normalized spacial score (nSPS) is 16.9. The van der Waals surface area contributed by atoms with Gasteiger partial charge in [0.25, 0.3) is 0 Å². The van der Waals surface area contributed by atoms with Crippen molar-refractivity contribution in [1.29, 1.82) is 0 Å². The SMILES string of the molecule is CC(C)(C)CCCCCC(OO)(OOC(C)(C)C)OOC(CCCCCC(C)(C)C)(OO)OOC(C)(C)C. The van der Waals surface area contributed by atoms with E-state index in [-0.39, 0.29) is 23.7 Å². The third kappa shape index (κ3) is 19.6. The Kier molecular flexibility index (Phi) is 16.0. The van der Waals surface area contributed by atoms with Gasteiger partial charge in [-0.3, -0.25) is 0 Å². The maximum absolute atomic E-state index is 9.82. The fourth-order valence-corrected chi connectivity index (χ4v) is 3.20. The minimum Gasteiger partial charge on any atom is -0.246 e. The molecule has 0 saturated carbocycles. The minimum absolute atomic E-state index is 0.0525. The van der Waals surface area contributed by atoms with Gasteiger partial charge in [0, 0.05) is 12.8 Å². The molecule has 0 amide bonds. The summed E-state index contributed by atoms with van der Waals surface area (Å²) in [7, 11) is 0. The monoisotopic (exact) mass is 554 g/mol. The molecule has 2 N–H and O–H groups in total. The first-order chi connectivity index (χ1) is 17.2. The molecule has 0 aliphatic rings. The molecule has 0 heterocycles. The minimum atomic E-state index is -2.17.